The second kappa shape index (κ2) is 11.1. The Morgan fingerprint density at radius 2 is 1.79 bits per heavy atom. The molecule has 3 aromatic rings. The fraction of sp³-hybridized carbons (Fsp3) is 0.370. The molecule has 0 aliphatic carbocycles. The van der Waals surface area contributed by atoms with Crippen molar-refractivity contribution in [3.05, 3.63) is 66.2 Å². The molecule has 0 bridgehead atoms. The topological polar surface area (TPSA) is 48.7 Å². The highest BCUT2D eigenvalue weighted by Gasteiger charge is 2.27. The molecule has 3 rings (SSSR count). The minimum Gasteiger partial charge on any atom is -0.493 e. The summed E-state index contributed by atoms with van der Waals surface area (Å²) in [5.74, 6) is -2.00. The van der Waals surface area contributed by atoms with Crippen molar-refractivity contribution in [1.29, 1.82) is 0 Å². The molecule has 2 aromatic carbocycles. The van der Waals surface area contributed by atoms with Crippen LogP contribution < -0.4 is 4.74 Å². The van der Waals surface area contributed by atoms with Crippen LogP contribution in [0.25, 0.3) is 22.3 Å². The highest BCUT2D eigenvalue weighted by Crippen LogP contribution is 2.32. The summed E-state index contributed by atoms with van der Waals surface area (Å²) in [6.45, 7) is 7.22. The highest BCUT2D eigenvalue weighted by atomic mass is 19.3. The van der Waals surface area contributed by atoms with E-state index >= 15 is 0 Å². The molecule has 0 saturated carbocycles. The lowest BCUT2D eigenvalue weighted by molar-refractivity contribution is -0.139. The van der Waals surface area contributed by atoms with Gasteiger partial charge in [-0.05, 0) is 49.9 Å². The average Bonchev–Trinajstić information content (AvgIpc) is 3.22. The van der Waals surface area contributed by atoms with Crippen molar-refractivity contribution in [3.63, 3.8) is 0 Å². The Bertz CT molecular complexity index is 1100. The van der Waals surface area contributed by atoms with E-state index in [1.807, 2.05) is 36.4 Å². The van der Waals surface area contributed by atoms with E-state index in [0.29, 0.717) is 11.3 Å². The lowest BCUT2D eigenvalue weighted by Crippen LogP contribution is -2.18. The highest BCUT2D eigenvalue weighted by molar-refractivity contribution is 5.87. The van der Waals surface area contributed by atoms with E-state index in [1.54, 1.807) is 6.07 Å². The van der Waals surface area contributed by atoms with Crippen LogP contribution >= 0.6 is 0 Å². The van der Waals surface area contributed by atoms with Crippen molar-refractivity contribution >= 4 is 16.9 Å². The summed E-state index contributed by atoms with van der Waals surface area (Å²) in [4.78, 5) is 11.3. The number of carbonyl (C=O) groups is 1. The SMILES string of the molecule is C=C(C)C(=O)OCCCC(F)(F)CCCOc1ccc2cc(-c3ccccc3CC)oc2c1. The van der Waals surface area contributed by atoms with Crippen LogP contribution in [0.15, 0.2) is 65.1 Å². The normalized spacial score (nSPS) is 11.5. The van der Waals surface area contributed by atoms with Crippen LogP contribution in [0.4, 0.5) is 8.78 Å². The fourth-order valence-electron chi connectivity index (χ4n) is 3.57. The maximum atomic E-state index is 14.0. The second-order valence-corrected chi connectivity index (χ2v) is 8.15. The molecule has 4 nitrogen and oxygen atoms in total. The molecule has 0 amide bonds. The Labute approximate surface area is 193 Å². The summed E-state index contributed by atoms with van der Waals surface area (Å²) in [7, 11) is 0. The molecule has 1 aromatic heterocycles. The molecule has 1 heterocycles. The van der Waals surface area contributed by atoms with Crippen molar-refractivity contribution < 1.29 is 27.5 Å². The molecule has 33 heavy (non-hydrogen) atoms. The standard InChI is InChI=1S/C27H30F2O4/c1-4-20-9-5-6-10-23(20)25-17-21-11-12-22(18-24(21)33-25)31-15-7-13-27(28,29)14-8-16-32-26(30)19(2)3/h5-6,9-12,17-18H,2,4,7-8,13-16H2,1,3H3. The molecule has 176 valence electrons. The number of rotatable bonds is 12. The number of benzene rings is 2. The molecular formula is C27H30F2O4. The van der Waals surface area contributed by atoms with E-state index < -0.39 is 11.9 Å². The number of hydrogen-bond donors (Lipinski definition) is 0. The number of halogens is 2. The summed E-state index contributed by atoms with van der Waals surface area (Å²) in [6.07, 6.45) is 0.598. The van der Waals surface area contributed by atoms with Crippen LogP contribution in [0, 0.1) is 0 Å². The van der Waals surface area contributed by atoms with Crippen molar-refractivity contribution in [2.24, 2.45) is 0 Å². The van der Waals surface area contributed by atoms with Crippen LogP contribution in [0.5, 0.6) is 5.75 Å². The van der Waals surface area contributed by atoms with E-state index in [4.69, 9.17) is 13.9 Å². The van der Waals surface area contributed by atoms with Gasteiger partial charge in [-0.1, -0.05) is 37.8 Å². The van der Waals surface area contributed by atoms with Gasteiger partial charge in [0.15, 0.2) is 0 Å². The number of ether oxygens (including phenoxy) is 2. The van der Waals surface area contributed by atoms with Gasteiger partial charge in [0.25, 0.3) is 0 Å². The molecule has 6 heteroatoms. The lowest BCUT2D eigenvalue weighted by atomic mass is 10.0. The maximum Gasteiger partial charge on any atom is 0.333 e. The number of hydrogen-bond acceptors (Lipinski definition) is 4. The van der Waals surface area contributed by atoms with Crippen LogP contribution in [0.1, 0.15) is 45.1 Å². The van der Waals surface area contributed by atoms with E-state index in [-0.39, 0.29) is 44.5 Å². The summed E-state index contributed by atoms with van der Waals surface area (Å²) < 4.78 is 44.7. The summed E-state index contributed by atoms with van der Waals surface area (Å²) in [6, 6.07) is 15.7. The van der Waals surface area contributed by atoms with Crippen molar-refractivity contribution in [2.75, 3.05) is 13.2 Å². The Balaban J connectivity index is 1.48. The quantitative estimate of drug-likeness (QED) is 0.162. The third kappa shape index (κ3) is 6.91. The van der Waals surface area contributed by atoms with Gasteiger partial charge in [-0.3, -0.25) is 0 Å². The molecule has 0 atom stereocenters. The van der Waals surface area contributed by atoms with Gasteiger partial charge in [0.05, 0.1) is 13.2 Å². The van der Waals surface area contributed by atoms with Crippen molar-refractivity contribution in [2.45, 2.75) is 51.9 Å². The number of fused-ring (bicyclic) bond motifs is 1. The molecular weight excluding hydrogens is 426 g/mol. The lowest BCUT2D eigenvalue weighted by Gasteiger charge is -2.16. The zero-order chi connectivity index (χ0) is 23.8. The molecule has 0 saturated heterocycles. The third-order valence-electron chi connectivity index (χ3n) is 5.38. The first kappa shape index (κ1) is 24.5. The molecule has 0 fully saturated rings. The minimum absolute atomic E-state index is 0.0360. The van der Waals surface area contributed by atoms with E-state index in [2.05, 4.69) is 19.6 Å². The Morgan fingerprint density at radius 1 is 1.06 bits per heavy atom. The number of carbonyl (C=O) groups excluding carboxylic acids is 1. The zero-order valence-electron chi connectivity index (χ0n) is 19.2. The van der Waals surface area contributed by atoms with Crippen molar-refractivity contribution in [3.8, 4) is 17.1 Å². The van der Waals surface area contributed by atoms with Gasteiger partial charge >= 0.3 is 5.97 Å². The molecule has 0 spiro atoms. The molecule has 0 aliphatic heterocycles. The number of aryl methyl sites for hydroxylation is 1. The molecule has 0 aliphatic rings. The van der Waals surface area contributed by atoms with E-state index in [1.165, 1.54) is 12.5 Å². The van der Waals surface area contributed by atoms with E-state index in [9.17, 15) is 13.6 Å². The number of esters is 1. The van der Waals surface area contributed by atoms with Gasteiger partial charge in [0.1, 0.15) is 17.1 Å². The van der Waals surface area contributed by atoms with Crippen molar-refractivity contribution in [1.82, 2.24) is 0 Å². The van der Waals surface area contributed by atoms with Crippen LogP contribution in [0.2, 0.25) is 0 Å². The van der Waals surface area contributed by atoms with Crippen LogP contribution in [-0.2, 0) is 16.0 Å². The smallest absolute Gasteiger partial charge is 0.333 e. The molecule has 0 radical (unpaired) electrons. The number of furan rings is 1. The van der Waals surface area contributed by atoms with Gasteiger partial charge in [-0.2, -0.15) is 0 Å². The summed E-state index contributed by atoms with van der Waals surface area (Å²) >= 11 is 0. The van der Waals surface area contributed by atoms with E-state index in [0.717, 1.165) is 23.1 Å². The Kier molecular flexibility index (Phi) is 8.26. The Morgan fingerprint density at radius 3 is 2.52 bits per heavy atom. The monoisotopic (exact) mass is 456 g/mol. The average molecular weight is 457 g/mol. The first-order valence-electron chi connectivity index (χ1n) is 11.2. The Hall–Kier alpha value is -3.15. The summed E-state index contributed by atoms with van der Waals surface area (Å²) in [5.41, 5.74) is 3.23. The van der Waals surface area contributed by atoms with Crippen LogP contribution in [0.3, 0.4) is 0 Å². The number of alkyl halides is 2. The first-order valence-corrected chi connectivity index (χ1v) is 11.2. The largest absolute Gasteiger partial charge is 0.493 e. The van der Waals surface area contributed by atoms with Gasteiger partial charge in [0.2, 0.25) is 5.92 Å². The predicted octanol–water partition coefficient (Wildman–Crippen LogP) is 7.36. The predicted molar refractivity (Wildman–Crippen MR) is 126 cm³/mol. The van der Waals surface area contributed by atoms with Gasteiger partial charge in [-0.25, -0.2) is 13.6 Å². The fourth-order valence-corrected chi connectivity index (χ4v) is 3.57. The molecule has 0 N–H and O–H groups in total. The van der Waals surface area contributed by atoms with Crippen LogP contribution in [-0.4, -0.2) is 25.1 Å². The van der Waals surface area contributed by atoms with Gasteiger partial charge in [0, 0.05) is 35.4 Å². The zero-order valence-corrected chi connectivity index (χ0v) is 19.2. The molecule has 0 unspecified atom stereocenters. The minimum atomic E-state index is -2.83. The third-order valence-corrected chi connectivity index (χ3v) is 5.38. The second-order valence-electron chi connectivity index (χ2n) is 8.15. The van der Waals surface area contributed by atoms with Gasteiger partial charge in [-0.15, -0.1) is 0 Å². The van der Waals surface area contributed by atoms with Gasteiger partial charge < -0.3 is 13.9 Å². The maximum absolute atomic E-state index is 14.0. The summed E-state index contributed by atoms with van der Waals surface area (Å²) in [5, 5.41) is 0.960. The first-order chi connectivity index (χ1) is 15.8.